The lowest BCUT2D eigenvalue weighted by Crippen LogP contribution is -2.55. The Hall–Kier alpha value is -2.31. The molecule has 9 nitrogen and oxygen atoms in total. The Kier molecular flexibility index (Phi) is 8.71. The van der Waals surface area contributed by atoms with Crippen LogP contribution in [-0.2, 0) is 34.8 Å². The molecule has 0 spiro atoms. The van der Waals surface area contributed by atoms with Crippen LogP contribution in [0.5, 0.6) is 0 Å². The lowest BCUT2D eigenvalue weighted by Gasteiger charge is -2.36. The number of nitrogens with zero attached hydrogens (tertiary/aromatic N) is 1. The maximum atomic E-state index is 13.3. The standard InChI is InChI=1S/C24H33N3O6S2/c1-23(2,3)25-35(30,31)26-24(19-9-14-34-17-19,16-21(28)15-22(29)32-4)18-5-7-20(8-6-18)27-10-12-33-13-11-27/h5-9,14,17,25-26H,10-13,15-16H2,1-4H3. The summed E-state index contributed by atoms with van der Waals surface area (Å²) in [4.78, 5) is 27.0. The van der Waals surface area contributed by atoms with Crippen LogP contribution in [0, 0.1) is 0 Å². The van der Waals surface area contributed by atoms with Crippen molar-refractivity contribution in [1.29, 1.82) is 0 Å². The molecule has 2 N–H and O–H groups in total. The number of methoxy groups -OCH3 is 1. The second-order valence-electron chi connectivity index (χ2n) is 9.49. The van der Waals surface area contributed by atoms with Gasteiger partial charge in [-0.2, -0.15) is 29.2 Å². The van der Waals surface area contributed by atoms with E-state index in [9.17, 15) is 18.0 Å². The van der Waals surface area contributed by atoms with Gasteiger partial charge in [-0.15, -0.1) is 0 Å². The zero-order chi connectivity index (χ0) is 25.7. The number of morpholine rings is 1. The number of esters is 1. The van der Waals surface area contributed by atoms with Crippen molar-refractivity contribution in [2.75, 3.05) is 38.3 Å². The molecule has 1 unspecified atom stereocenters. The number of carbonyl (C=O) groups excluding carboxylic acids is 2. The molecule has 0 radical (unpaired) electrons. The van der Waals surface area contributed by atoms with Crippen molar-refractivity contribution < 1.29 is 27.5 Å². The number of ether oxygens (including phenoxy) is 2. The van der Waals surface area contributed by atoms with E-state index in [0.717, 1.165) is 18.8 Å². The summed E-state index contributed by atoms with van der Waals surface area (Å²) in [5.74, 6) is -1.12. The van der Waals surface area contributed by atoms with E-state index in [2.05, 4.69) is 19.1 Å². The number of rotatable bonds is 10. The first kappa shape index (κ1) is 27.3. The van der Waals surface area contributed by atoms with E-state index in [1.165, 1.54) is 18.4 Å². The van der Waals surface area contributed by atoms with E-state index in [-0.39, 0.29) is 6.42 Å². The number of thiophene rings is 1. The Morgan fingerprint density at radius 3 is 2.26 bits per heavy atom. The molecule has 0 saturated carbocycles. The molecule has 2 aromatic rings. The highest BCUT2D eigenvalue weighted by Gasteiger charge is 2.42. The van der Waals surface area contributed by atoms with Crippen LogP contribution in [0.4, 0.5) is 5.69 Å². The first-order valence-corrected chi connectivity index (χ1v) is 13.7. The molecule has 192 valence electrons. The summed E-state index contributed by atoms with van der Waals surface area (Å²) in [5.41, 5.74) is 0.00566. The Morgan fingerprint density at radius 1 is 1.06 bits per heavy atom. The number of nitrogens with one attached hydrogen (secondary N) is 2. The zero-order valence-corrected chi connectivity index (χ0v) is 22.1. The molecule has 11 heteroatoms. The highest BCUT2D eigenvalue weighted by Crippen LogP contribution is 2.37. The Labute approximate surface area is 211 Å². The van der Waals surface area contributed by atoms with E-state index in [0.29, 0.717) is 24.3 Å². The third kappa shape index (κ3) is 7.34. The fraction of sp³-hybridized carbons (Fsp3) is 0.500. The van der Waals surface area contributed by atoms with Crippen LogP contribution in [-0.4, -0.2) is 59.1 Å². The largest absolute Gasteiger partial charge is 0.469 e. The first-order valence-electron chi connectivity index (χ1n) is 11.3. The van der Waals surface area contributed by atoms with Crippen molar-refractivity contribution >= 4 is 39.0 Å². The molecule has 1 aliphatic rings. The summed E-state index contributed by atoms with van der Waals surface area (Å²) in [7, 11) is -2.86. The Bertz CT molecular complexity index is 1110. The van der Waals surface area contributed by atoms with Gasteiger partial charge in [0.2, 0.25) is 0 Å². The molecule has 1 atom stereocenters. The van der Waals surface area contributed by atoms with Crippen molar-refractivity contribution in [1.82, 2.24) is 9.44 Å². The van der Waals surface area contributed by atoms with Gasteiger partial charge >= 0.3 is 5.97 Å². The van der Waals surface area contributed by atoms with E-state index in [1.54, 1.807) is 32.2 Å². The summed E-state index contributed by atoms with van der Waals surface area (Å²) in [5, 5.41) is 3.63. The van der Waals surface area contributed by atoms with E-state index in [4.69, 9.17) is 4.74 Å². The Balaban J connectivity index is 2.07. The maximum absolute atomic E-state index is 13.3. The van der Waals surface area contributed by atoms with Crippen LogP contribution >= 0.6 is 11.3 Å². The monoisotopic (exact) mass is 523 g/mol. The summed E-state index contributed by atoms with van der Waals surface area (Å²) in [6.07, 6.45) is -0.719. The smallest absolute Gasteiger partial charge is 0.313 e. The number of ketones is 1. The summed E-state index contributed by atoms with van der Waals surface area (Å²) in [6.45, 7) is 8.00. The first-order chi connectivity index (χ1) is 16.4. The van der Waals surface area contributed by atoms with Crippen molar-refractivity contribution in [2.45, 2.75) is 44.7 Å². The molecule has 35 heavy (non-hydrogen) atoms. The number of carbonyl (C=O) groups is 2. The molecular formula is C24H33N3O6S2. The predicted molar refractivity (Wildman–Crippen MR) is 136 cm³/mol. The number of Topliss-reactive ketones (excluding diaryl/α,β-unsaturated/α-hetero) is 1. The molecule has 0 aliphatic carbocycles. The SMILES string of the molecule is COC(=O)CC(=O)CC(NS(=O)(=O)NC(C)(C)C)(c1ccc(N2CCOCC2)cc1)c1ccsc1. The van der Waals surface area contributed by atoms with Gasteiger partial charge in [-0.3, -0.25) is 9.59 Å². The van der Waals surface area contributed by atoms with Gasteiger partial charge in [0.05, 0.1) is 25.9 Å². The fourth-order valence-electron chi connectivity index (χ4n) is 4.06. The average Bonchev–Trinajstić information content (AvgIpc) is 3.33. The molecule has 1 aliphatic heterocycles. The van der Waals surface area contributed by atoms with Gasteiger partial charge in [0.25, 0.3) is 10.2 Å². The minimum atomic E-state index is -4.07. The second-order valence-corrected chi connectivity index (χ2v) is 11.7. The lowest BCUT2D eigenvalue weighted by molar-refractivity contribution is -0.143. The molecule has 0 bridgehead atoms. The van der Waals surface area contributed by atoms with E-state index >= 15 is 0 Å². The van der Waals surface area contributed by atoms with Gasteiger partial charge in [-0.1, -0.05) is 12.1 Å². The second kappa shape index (κ2) is 11.2. The van der Waals surface area contributed by atoms with Crippen LogP contribution < -0.4 is 14.3 Å². The van der Waals surface area contributed by atoms with Crippen molar-refractivity contribution in [2.24, 2.45) is 0 Å². The molecule has 1 aromatic heterocycles. The highest BCUT2D eigenvalue weighted by molar-refractivity contribution is 7.87. The number of benzene rings is 1. The number of anilines is 1. The molecule has 1 aromatic carbocycles. The normalized spacial score (nSPS) is 16.5. The summed E-state index contributed by atoms with van der Waals surface area (Å²) in [6, 6.07) is 9.27. The molecular weight excluding hydrogens is 490 g/mol. The van der Waals surface area contributed by atoms with Crippen LogP contribution in [0.3, 0.4) is 0 Å². The quantitative estimate of drug-likeness (QED) is 0.363. The van der Waals surface area contributed by atoms with Crippen molar-refractivity contribution in [3.8, 4) is 0 Å². The van der Waals surface area contributed by atoms with E-state index in [1.807, 2.05) is 29.6 Å². The summed E-state index contributed by atoms with van der Waals surface area (Å²) < 4.78 is 42.0. The Morgan fingerprint density at radius 2 is 1.71 bits per heavy atom. The average molecular weight is 524 g/mol. The predicted octanol–water partition coefficient (Wildman–Crippen LogP) is 2.57. The van der Waals surface area contributed by atoms with Crippen LogP contribution in [0.15, 0.2) is 41.1 Å². The molecule has 1 fully saturated rings. The zero-order valence-electron chi connectivity index (χ0n) is 20.5. The van der Waals surface area contributed by atoms with Crippen LogP contribution in [0.1, 0.15) is 44.7 Å². The minimum absolute atomic E-state index is 0.263. The van der Waals surface area contributed by atoms with Gasteiger partial charge in [0, 0.05) is 30.7 Å². The number of hydrogen-bond donors (Lipinski definition) is 2. The van der Waals surface area contributed by atoms with Gasteiger partial charge < -0.3 is 14.4 Å². The van der Waals surface area contributed by atoms with Crippen molar-refractivity contribution in [3.05, 3.63) is 52.2 Å². The topological polar surface area (TPSA) is 114 Å². The van der Waals surface area contributed by atoms with Gasteiger partial charge in [0.15, 0.2) is 0 Å². The van der Waals surface area contributed by atoms with Crippen LogP contribution in [0.2, 0.25) is 0 Å². The molecule has 3 rings (SSSR count). The minimum Gasteiger partial charge on any atom is -0.469 e. The molecule has 2 heterocycles. The van der Waals surface area contributed by atoms with Gasteiger partial charge in [-0.25, -0.2) is 0 Å². The third-order valence-corrected chi connectivity index (χ3v) is 7.71. The third-order valence-electron chi connectivity index (χ3n) is 5.53. The summed E-state index contributed by atoms with van der Waals surface area (Å²) >= 11 is 1.39. The maximum Gasteiger partial charge on any atom is 0.313 e. The van der Waals surface area contributed by atoms with Gasteiger partial charge in [0.1, 0.15) is 12.2 Å². The fourth-order valence-corrected chi connectivity index (χ4v) is 6.41. The van der Waals surface area contributed by atoms with Crippen molar-refractivity contribution in [3.63, 3.8) is 0 Å². The van der Waals surface area contributed by atoms with E-state index < -0.39 is 39.5 Å². The molecule has 1 saturated heterocycles. The van der Waals surface area contributed by atoms with Crippen LogP contribution in [0.25, 0.3) is 0 Å². The molecule has 0 amide bonds. The number of hydrogen-bond acceptors (Lipinski definition) is 8. The lowest BCUT2D eigenvalue weighted by atomic mass is 9.80. The van der Waals surface area contributed by atoms with Gasteiger partial charge in [-0.05, 0) is 60.9 Å². The highest BCUT2D eigenvalue weighted by atomic mass is 32.2.